The molecule has 1 N–H and O–H groups in total. The van der Waals surface area contributed by atoms with Crippen molar-refractivity contribution >= 4 is 21.9 Å². The molecule has 1 aliphatic rings. The van der Waals surface area contributed by atoms with Gasteiger partial charge in [0, 0.05) is 10.9 Å². The number of aliphatic carboxylic acids is 1. The number of rotatable bonds is 4. The molecule has 2 atom stereocenters. The Morgan fingerprint density at radius 2 is 2.10 bits per heavy atom. The minimum Gasteiger partial charge on any atom is -0.479 e. The van der Waals surface area contributed by atoms with Gasteiger partial charge in [-0.1, -0.05) is 33.2 Å². The number of benzene rings is 1. The first kappa shape index (κ1) is 14.2. The van der Waals surface area contributed by atoms with Crippen LogP contribution >= 0.6 is 15.9 Å². The summed E-state index contributed by atoms with van der Waals surface area (Å²) in [7, 11) is 0. The maximum Gasteiger partial charge on any atom is 0.332 e. The summed E-state index contributed by atoms with van der Waals surface area (Å²) >= 11 is 3.38. The lowest BCUT2D eigenvalue weighted by molar-refractivity contribution is -0.150. The van der Waals surface area contributed by atoms with Crippen LogP contribution in [0, 0.1) is 0 Å². The van der Waals surface area contributed by atoms with E-state index in [2.05, 4.69) is 26.1 Å². The maximum absolute atomic E-state index is 10.9. The molecule has 1 fully saturated rings. The number of hydrogen-bond donors (Lipinski definition) is 1. The fraction of sp³-hybridized carbons (Fsp3) is 0.357. The molecule has 0 saturated carbocycles. The van der Waals surface area contributed by atoms with Crippen LogP contribution in [0.3, 0.4) is 0 Å². The normalized spacial score (nSPS) is 21.6. The molecule has 0 aliphatic carbocycles. The molecule has 0 amide bonds. The molecule has 0 spiro atoms. The molecule has 3 rings (SSSR count). The topological polar surface area (TPSA) is 85.5 Å². The summed E-state index contributed by atoms with van der Waals surface area (Å²) in [4.78, 5) is 15.2. The third-order valence-corrected chi connectivity index (χ3v) is 3.86. The molecule has 2 heterocycles. The lowest BCUT2D eigenvalue weighted by Gasteiger charge is -2.05. The van der Waals surface area contributed by atoms with E-state index >= 15 is 0 Å². The van der Waals surface area contributed by atoms with E-state index in [9.17, 15) is 4.79 Å². The molecule has 1 aromatic carbocycles. The molecule has 6 nitrogen and oxygen atoms in total. The van der Waals surface area contributed by atoms with Crippen molar-refractivity contribution in [1.29, 1.82) is 0 Å². The number of nitrogens with zero attached hydrogens (tertiary/aromatic N) is 2. The van der Waals surface area contributed by atoms with Gasteiger partial charge < -0.3 is 14.4 Å². The van der Waals surface area contributed by atoms with E-state index < -0.39 is 18.2 Å². The van der Waals surface area contributed by atoms with Gasteiger partial charge in [-0.25, -0.2) is 4.79 Å². The molecular formula is C14H13BrN2O4. The summed E-state index contributed by atoms with van der Waals surface area (Å²) in [5, 5.41) is 12.8. The van der Waals surface area contributed by atoms with Crippen LogP contribution in [-0.4, -0.2) is 27.3 Å². The molecule has 0 bridgehead atoms. The quantitative estimate of drug-likeness (QED) is 0.910. The van der Waals surface area contributed by atoms with E-state index in [0.717, 1.165) is 10.0 Å². The first-order valence-electron chi connectivity index (χ1n) is 6.57. The summed E-state index contributed by atoms with van der Waals surface area (Å²) in [6.45, 7) is 0. The van der Waals surface area contributed by atoms with E-state index in [1.807, 2.05) is 24.3 Å². The molecule has 2 unspecified atom stereocenters. The van der Waals surface area contributed by atoms with Crippen LogP contribution in [0.5, 0.6) is 0 Å². The Morgan fingerprint density at radius 3 is 2.76 bits per heavy atom. The minimum absolute atomic E-state index is 0.353. The number of ether oxygens (including phenoxy) is 1. The van der Waals surface area contributed by atoms with Crippen molar-refractivity contribution in [1.82, 2.24) is 10.1 Å². The van der Waals surface area contributed by atoms with E-state index in [1.54, 1.807) is 0 Å². The van der Waals surface area contributed by atoms with E-state index in [0.29, 0.717) is 31.0 Å². The number of carbonyl (C=O) groups is 1. The summed E-state index contributed by atoms with van der Waals surface area (Å²) in [5.41, 5.74) is 1.07. The highest BCUT2D eigenvalue weighted by Gasteiger charge is 2.34. The number of carboxylic acid groups (broad SMARTS) is 1. The molecular weight excluding hydrogens is 340 g/mol. The molecule has 0 radical (unpaired) electrons. The van der Waals surface area contributed by atoms with Crippen LogP contribution < -0.4 is 0 Å². The maximum atomic E-state index is 10.9. The highest BCUT2D eigenvalue weighted by Crippen LogP contribution is 2.31. The third-order valence-electron chi connectivity index (χ3n) is 3.33. The van der Waals surface area contributed by atoms with Gasteiger partial charge in [-0.2, -0.15) is 4.98 Å². The predicted octanol–water partition coefficient (Wildman–Crippen LogP) is 2.73. The zero-order chi connectivity index (χ0) is 14.8. The SMILES string of the molecule is O=C(O)C1CCC(c2nc(Cc3ccc(Br)cc3)no2)O1. The van der Waals surface area contributed by atoms with Gasteiger partial charge in [-0.05, 0) is 30.5 Å². The molecule has 110 valence electrons. The Bertz CT molecular complexity index is 641. The van der Waals surface area contributed by atoms with Gasteiger partial charge in [-0.15, -0.1) is 0 Å². The Balaban J connectivity index is 1.66. The summed E-state index contributed by atoms with van der Waals surface area (Å²) in [6, 6.07) is 7.86. The fourth-order valence-electron chi connectivity index (χ4n) is 2.26. The second-order valence-corrected chi connectivity index (χ2v) is 5.80. The predicted molar refractivity (Wildman–Crippen MR) is 75.7 cm³/mol. The van der Waals surface area contributed by atoms with Crippen molar-refractivity contribution < 1.29 is 19.2 Å². The smallest absolute Gasteiger partial charge is 0.332 e. The van der Waals surface area contributed by atoms with Crippen molar-refractivity contribution in [3.8, 4) is 0 Å². The fourth-order valence-corrected chi connectivity index (χ4v) is 2.52. The van der Waals surface area contributed by atoms with Gasteiger partial charge in [-0.3, -0.25) is 0 Å². The molecule has 1 aliphatic heterocycles. The van der Waals surface area contributed by atoms with Gasteiger partial charge in [0.25, 0.3) is 5.89 Å². The highest BCUT2D eigenvalue weighted by molar-refractivity contribution is 9.10. The standard InChI is InChI=1S/C14H13BrN2O4/c15-9-3-1-8(2-4-9)7-12-16-13(21-17-12)10-5-6-11(20-10)14(18)19/h1-4,10-11H,5-7H2,(H,18,19). The van der Waals surface area contributed by atoms with Crippen molar-refractivity contribution in [2.75, 3.05) is 0 Å². The summed E-state index contributed by atoms with van der Waals surface area (Å²) in [6.07, 6.45) is 0.404. The van der Waals surface area contributed by atoms with Crippen LogP contribution in [0.2, 0.25) is 0 Å². The molecule has 2 aromatic rings. The van der Waals surface area contributed by atoms with Crippen LogP contribution in [0.1, 0.15) is 36.2 Å². The first-order chi connectivity index (χ1) is 10.1. The van der Waals surface area contributed by atoms with Gasteiger partial charge >= 0.3 is 5.97 Å². The average Bonchev–Trinajstić information content (AvgIpc) is 3.10. The van der Waals surface area contributed by atoms with E-state index in [4.69, 9.17) is 14.4 Å². The molecule has 7 heteroatoms. The van der Waals surface area contributed by atoms with Crippen LogP contribution in [0.4, 0.5) is 0 Å². The molecule has 21 heavy (non-hydrogen) atoms. The lowest BCUT2D eigenvalue weighted by atomic mass is 10.1. The summed E-state index contributed by atoms with van der Waals surface area (Å²) in [5.74, 6) is -0.0346. The Kier molecular flexibility index (Phi) is 4.03. The zero-order valence-corrected chi connectivity index (χ0v) is 12.6. The number of aromatic nitrogens is 2. The monoisotopic (exact) mass is 352 g/mol. The zero-order valence-electron chi connectivity index (χ0n) is 11.0. The second kappa shape index (κ2) is 5.95. The highest BCUT2D eigenvalue weighted by atomic mass is 79.9. The lowest BCUT2D eigenvalue weighted by Crippen LogP contribution is -2.18. The van der Waals surface area contributed by atoms with Gasteiger partial charge in [0.1, 0.15) is 6.10 Å². The van der Waals surface area contributed by atoms with E-state index in [1.165, 1.54) is 0 Å². The van der Waals surface area contributed by atoms with Gasteiger partial charge in [0.05, 0.1) is 0 Å². The minimum atomic E-state index is -0.952. The van der Waals surface area contributed by atoms with Crippen molar-refractivity contribution in [3.05, 3.63) is 46.0 Å². The largest absolute Gasteiger partial charge is 0.479 e. The van der Waals surface area contributed by atoms with Crippen LogP contribution in [0.15, 0.2) is 33.3 Å². The third kappa shape index (κ3) is 3.30. The molecule has 1 saturated heterocycles. The number of halogens is 1. The first-order valence-corrected chi connectivity index (χ1v) is 7.36. The number of carboxylic acids is 1. The second-order valence-electron chi connectivity index (χ2n) is 4.88. The van der Waals surface area contributed by atoms with Crippen LogP contribution in [0.25, 0.3) is 0 Å². The van der Waals surface area contributed by atoms with Crippen molar-refractivity contribution in [3.63, 3.8) is 0 Å². The van der Waals surface area contributed by atoms with Crippen molar-refractivity contribution in [2.45, 2.75) is 31.5 Å². The van der Waals surface area contributed by atoms with Crippen molar-refractivity contribution in [2.24, 2.45) is 0 Å². The summed E-state index contributed by atoms with van der Waals surface area (Å²) < 4.78 is 11.6. The van der Waals surface area contributed by atoms with E-state index in [-0.39, 0.29) is 0 Å². The Labute approximate surface area is 129 Å². The number of hydrogen-bond acceptors (Lipinski definition) is 5. The van der Waals surface area contributed by atoms with Gasteiger partial charge in [0.15, 0.2) is 11.9 Å². The van der Waals surface area contributed by atoms with Gasteiger partial charge in [0.2, 0.25) is 0 Å². The molecule has 1 aromatic heterocycles. The van der Waals surface area contributed by atoms with Crippen LogP contribution in [-0.2, 0) is 16.0 Å². The Morgan fingerprint density at radius 1 is 1.33 bits per heavy atom. The average molecular weight is 353 g/mol. The Hall–Kier alpha value is -1.73.